The summed E-state index contributed by atoms with van der Waals surface area (Å²) in [5, 5.41) is 7.89. The van der Waals surface area contributed by atoms with Gasteiger partial charge in [-0.2, -0.15) is 5.10 Å². The molecule has 1 fully saturated rings. The molecule has 18 heavy (non-hydrogen) atoms. The lowest BCUT2D eigenvalue weighted by atomic mass is 10.2. The fourth-order valence-corrected chi connectivity index (χ4v) is 2.27. The Morgan fingerprint density at radius 2 is 2.44 bits per heavy atom. The first-order valence-corrected chi connectivity index (χ1v) is 6.60. The molecule has 0 radical (unpaired) electrons. The van der Waals surface area contributed by atoms with E-state index >= 15 is 0 Å². The maximum Gasteiger partial charge on any atom is 0.0951 e. The number of hydrogen-bond donors (Lipinski definition) is 1. The van der Waals surface area contributed by atoms with Gasteiger partial charge in [0.25, 0.3) is 0 Å². The Balaban J connectivity index is 1.87. The third-order valence-corrected chi connectivity index (χ3v) is 3.68. The van der Waals surface area contributed by atoms with Crippen LogP contribution in [-0.2, 0) is 16.0 Å². The van der Waals surface area contributed by atoms with Crippen LogP contribution in [0.5, 0.6) is 0 Å². The predicted octanol–water partition coefficient (Wildman–Crippen LogP) is 1.61. The van der Waals surface area contributed by atoms with Gasteiger partial charge in [0.2, 0.25) is 0 Å². The fraction of sp³-hybridized carbons (Fsp3) is 0.750. The van der Waals surface area contributed by atoms with Crippen LogP contribution in [0.4, 0.5) is 0 Å². The van der Waals surface area contributed by atoms with E-state index in [1.165, 1.54) is 0 Å². The second kappa shape index (κ2) is 6.52. The van der Waals surface area contributed by atoms with Crippen molar-refractivity contribution in [2.75, 3.05) is 33.4 Å². The minimum atomic E-state index is 0.248. The molecular weight excluding hydrogens is 254 g/mol. The molecule has 0 unspecified atom stereocenters. The molecule has 0 aliphatic carbocycles. The molecule has 0 aromatic carbocycles. The van der Waals surface area contributed by atoms with E-state index in [-0.39, 0.29) is 6.10 Å². The Morgan fingerprint density at radius 1 is 1.61 bits per heavy atom. The molecule has 1 aromatic heterocycles. The van der Waals surface area contributed by atoms with E-state index in [9.17, 15) is 0 Å². The molecule has 0 amide bonds. The van der Waals surface area contributed by atoms with Crippen molar-refractivity contribution in [3.63, 3.8) is 0 Å². The maximum absolute atomic E-state index is 6.18. The van der Waals surface area contributed by atoms with E-state index in [0.717, 1.165) is 55.7 Å². The summed E-state index contributed by atoms with van der Waals surface area (Å²) in [5.41, 5.74) is 1.84. The number of aromatic amines is 1. The molecule has 2 rings (SSSR count). The molecule has 5 nitrogen and oxygen atoms in total. The number of nitrogens with zero attached hydrogens (tertiary/aromatic N) is 2. The van der Waals surface area contributed by atoms with Crippen LogP contribution >= 0.6 is 11.6 Å². The van der Waals surface area contributed by atoms with Crippen LogP contribution in [0.15, 0.2) is 0 Å². The number of methoxy groups -OCH3 is 1. The molecule has 0 saturated carbocycles. The minimum Gasteiger partial charge on any atom is -0.385 e. The average molecular weight is 274 g/mol. The van der Waals surface area contributed by atoms with Crippen molar-refractivity contribution in [3.05, 3.63) is 16.4 Å². The van der Waals surface area contributed by atoms with Crippen LogP contribution in [0.3, 0.4) is 0 Å². The molecule has 0 bridgehead atoms. The number of rotatable bonds is 5. The predicted molar refractivity (Wildman–Crippen MR) is 69.8 cm³/mol. The first-order valence-electron chi connectivity index (χ1n) is 6.23. The highest BCUT2D eigenvalue weighted by atomic mass is 35.5. The zero-order valence-electron chi connectivity index (χ0n) is 10.9. The standard InChI is InChI=1S/C12H20ClN3O2/c1-9-12(13)11(15-14-9)8-16-4-6-18-10(7-16)3-5-17-2/h10H,3-8H2,1-2H3,(H,14,15)/t10-/m0/s1. The Hall–Kier alpha value is -0.620. The van der Waals surface area contributed by atoms with Crippen molar-refractivity contribution < 1.29 is 9.47 Å². The number of halogens is 1. The van der Waals surface area contributed by atoms with Gasteiger partial charge in [0, 0.05) is 33.4 Å². The normalized spacial score (nSPS) is 21.4. The van der Waals surface area contributed by atoms with E-state index in [4.69, 9.17) is 21.1 Å². The molecule has 1 N–H and O–H groups in total. The molecule has 1 atom stereocenters. The van der Waals surface area contributed by atoms with Crippen molar-refractivity contribution in [3.8, 4) is 0 Å². The van der Waals surface area contributed by atoms with Gasteiger partial charge in [0.15, 0.2) is 0 Å². The van der Waals surface area contributed by atoms with E-state index in [2.05, 4.69) is 15.1 Å². The van der Waals surface area contributed by atoms with Gasteiger partial charge in [-0.1, -0.05) is 11.6 Å². The monoisotopic (exact) mass is 273 g/mol. The van der Waals surface area contributed by atoms with Gasteiger partial charge < -0.3 is 9.47 Å². The van der Waals surface area contributed by atoms with Gasteiger partial charge >= 0.3 is 0 Å². The molecule has 1 aliphatic heterocycles. The molecule has 1 aromatic rings. The summed E-state index contributed by atoms with van der Waals surface area (Å²) in [5.74, 6) is 0. The first kappa shape index (κ1) is 13.8. The lowest BCUT2D eigenvalue weighted by molar-refractivity contribution is -0.0435. The molecule has 1 saturated heterocycles. The zero-order valence-corrected chi connectivity index (χ0v) is 11.7. The second-order valence-electron chi connectivity index (χ2n) is 4.62. The Labute approximate surface area is 112 Å². The van der Waals surface area contributed by atoms with Gasteiger partial charge in [-0.15, -0.1) is 0 Å². The van der Waals surface area contributed by atoms with Gasteiger partial charge in [-0.3, -0.25) is 10.00 Å². The number of H-pyrrole nitrogens is 1. The SMILES string of the molecule is COCC[C@H]1CN(Cc2n[nH]c(C)c2Cl)CCO1. The summed E-state index contributed by atoms with van der Waals surface area (Å²) < 4.78 is 10.8. The molecule has 2 heterocycles. The highest BCUT2D eigenvalue weighted by Crippen LogP contribution is 2.20. The molecule has 1 aliphatic rings. The third-order valence-electron chi connectivity index (χ3n) is 3.18. The molecule has 102 valence electrons. The molecule has 6 heteroatoms. The zero-order chi connectivity index (χ0) is 13.0. The largest absolute Gasteiger partial charge is 0.385 e. The van der Waals surface area contributed by atoms with Gasteiger partial charge in [-0.25, -0.2) is 0 Å². The highest BCUT2D eigenvalue weighted by molar-refractivity contribution is 6.31. The number of aromatic nitrogens is 2. The third kappa shape index (κ3) is 3.45. The fourth-order valence-electron chi connectivity index (χ4n) is 2.13. The smallest absolute Gasteiger partial charge is 0.0951 e. The summed E-state index contributed by atoms with van der Waals surface area (Å²) in [6.07, 6.45) is 1.18. The van der Waals surface area contributed by atoms with Crippen LogP contribution in [0.2, 0.25) is 5.02 Å². The van der Waals surface area contributed by atoms with Crippen molar-refractivity contribution in [2.45, 2.75) is 26.0 Å². The summed E-state index contributed by atoms with van der Waals surface area (Å²) in [6, 6.07) is 0. The van der Waals surface area contributed by atoms with Crippen molar-refractivity contribution >= 4 is 11.6 Å². The van der Waals surface area contributed by atoms with E-state index in [1.807, 2.05) is 6.92 Å². The summed E-state index contributed by atoms with van der Waals surface area (Å²) in [4.78, 5) is 2.32. The summed E-state index contributed by atoms with van der Waals surface area (Å²) in [6.45, 7) is 6.03. The lowest BCUT2D eigenvalue weighted by Gasteiger charge is -2.32. The molecule has 0 spiro atoms. The highest BCUT2D eigenvalue weighted by Gasteiger charge is 2.22. The van der Waals surface area contributed by atoms with E-state index < -0.39 is 0 Å². The number of ether oxygens (including phenoxy) is 2. The second-order valence-corrected chi connectivity index (χ2v) is 5.00. The first-order chi connectivity index (χ1) is 8.70. The van der Waals surface area contributed by atoms with Crippen molar-refractivity contribution in [1.29, 1.82) is 0 Å². The number of hydrogen-bond acceptors (Lipinski definition) is 4. The van der Waals surface area contributed by atoms with Gasteiger partial charge in [0.05, 0.1) is 29.1 Å². The van der Waals surface area contributed by atoms with Crippen LogP contribution < -0.4 is 0 Å². The van der Waals surface area contributed by atoms with Crippen molar-refractivity contribution in [1.82, 2.24) is 15.1 Å². The number of morpholine rings is 1. The van der Waals surface area contributed by atoms with Gasteiger partial charge in [0.1, 0.15) is 0 Å². The topological polar surface area (TPSA) is 50.4 Å². The van der Waals surface area contributed by atoms with Crippen LogP contribution in [0.1, 0.15) is 17.8 Å². The van der Waals surface area contributed by atoms with Crippen LogP contribution in [0, 0.1) is 6.92 Å². The average Bonchev–Trinajstić information content (AvgIpc) is 2.69. The van der Waals surface area contributed by atoms with Gasteiger partial charge in [-0.05, 0) is 13.3 Å². The number of aryl methyl sites for hydroxylation is 1. The Kier molecular flexibility index (Phi) is 5.00. The number of nitrogens with one attached hydrogen (secondary N) is 1. The van der Waals surface area contributed by atoms with Crippen LogP contribution in [-0.4, -0.2) is 54.6 Å². The van der Waals surface area contributed by atoms with E-state index in [0.29, 0.717) is 0 Å². The lowest BCUT2D eigenvalue weighted by Crippen LogP contribution is -2.42. The van der Waals surface area contributed by atoms with E-state index in [1.54, 1.807) is 7.11 Å². The molecular formula is C12H20ClN3O2. The van der Waals surface area contributed by atoms with Crippen LogP contribution in [0.25, 0.3) is 0 Å². The quantitative estimate of drug-likeness (QED) is 0.886. The Bertz CT molecular complexity index is 383. The summed E-state index contributed by atoms with van der Waals surface area (Å²) >= 11 is 6.18. The van der Waals surface area contributed by atoms with Crippen molar-refractivity contribution in [2.24, 2.45) is 0 Å². The minimum absolute atomic E-state index is 0.248. The Morgan fingerprint density at radius 3 is 3.11 bits per heavy atom. The summed E-state index contributed by atoms with van der Waals surface area (Å²) in [7, 11) is 1.72. The maximum atomic E-state index is 6.18.